The Morgan fingerprint density at radius 1 is 1.31 bits per heavy atom. The Labute approximate surface area is 154 Å². The van der Waals surface area contributed by atoms with Crippen molar-refractivity contribution in [1.82, 2.24) is 10.1 Å². The number of carbonyl (C=O) groups is 1. The van der Waals surface area contributed by atoms with E-state index < -0.39 is 15.6 Å². The minimum Gasteiger partial charge on any atom is -0.361 e. The maximum atomic E-state index is 12.7. The molecule has 1 aromatic carbocycles. The molecule has 1 aliphatic rings. The van der Waals surface area contributed by atoms with Crippen molar-refractivity contribution in [2.45, 2.75) is 44.9 Å². The lowest BCUT2D eigenvalue weighted by molar-refractivity contribution is -0.129. The maximum Gasteiger partial charge on any atom is 0.238 e. The number of hydrogen-bond acceptors (Lipinski definition) is 5. The molecule has 0 saturated carbocycles. The van der Waals surface area contributed by atoms with Gasteiger partial charge in [0.05, 0.1) is 17.5 Å². The van der Waals surface area contributed by atoms with Gasteiger partial charge in [0.2, 0.25) is 5.91 Å². The largest absolute Gasteiger partial charge is 0.361 e. The van der Waals surface area contributed by atoms with E-state index >= 15 is 0 Å². The first kappa shape index (κ1) is 18.6. The fraction of sp³-hybridized carbons (Fsp3) is 0.474. The van der Waals surface area contributed by atoms with E-state index in [-0.39, 0.29) is 17.7 Å². The third kappa shape index (κ3) is 3.82. The topological polar surface area (TPSA) is 80.5 Å². The van der Waals surface area contributed by atoms with Crippen LogP contribution >= 0.6 is 0 Å². The number of sulfone groups is 1. The summed E-state index contributed by atoms with van der Waals surface area (Å²) in [5.74, 6) is -0.632. The van der Waals surface area contributed by atoms with Crippen LogP contribution in [0.3, 0.4) is 0 Å². The molecule has 1 aliphatic carbocycles. The molecular formula is C19H24N2O4S. The zero-order chi connectivity index (χ0) is 18.9. The van der Waals surface area contributed by atoms with E-state index in [0.29, 0.717) is 17.0 Å². The van der Waals surface area contributed by atoms with Gasteiger partial charge in [0.25, 0.3) is 0 Å². The fourth-order valence-corrected chi connectivity index (χ4v) is 5.11. The van der Waals surface area contributed by atoms with Gasteiger partial charge in [-0.15, -0.1) is 0 Å². The number of fused-ring (bicyclic) bond motifs is 1. The Bertz CT molecular complexity index is 898. The quantitative estimate of drug-likeness (QED) is 0.801. The second kappa shape index (κ2) is 7.23. The van der Waals surface area contributed by atoms with Crippen LogP contribution in [0.15, 0.2) is 28.8 Å². The summed E-state index contributed by atoms with van der Waals surface area (Å²) in [7, 11) is -1.91. The summed E-state index contributed by atoms with van der Waals surface area (Å²) < 4.78 is 30.1. The summed E-state index contributed by atoms with van der Waals surface area (Å²) in [6, 6.07) is 8.00. The van der Waals surface area contributed by atoms with Crippen LogP contribution in [0.1, 0.15) is 47.0 Å². The molecule has 0 spiro atoms. The zero-order valence-electron chi connectivity index (χ0n) is 15.4. The second-order valence-electron chi connectivity index (χ2n) is 6.95. The summed E-state index contributed by atoms with van der Waals surface area (Å²) in [4.78, 5) is 14.3. The smallest absolute Gasteiger partial charge is 0.238 e. The lowest BCUT2D eigenvalue weighted by atomic mass is 9.87. The normalized spacial score (nSPS) is 17.0. The van der Waals surface area contributed by atoms with Crippen LogP contribution in [0.5, 0.6) is 0 Å². The molecule has 0 fully saturated rings. The minimum absolute atomic E-state index is 0.0679. The molecule has 0 saturated heterocycles. The van der Waals surface area contributed by atoms with Gasteiger partial charge in [-0.25, -0.2) is 8.42 Å². The van der Waals surface area contributed by atoms with Crippen LogP contribution in [-0.4, -0.2) is 37.2 Å². The summed E-state index contributed by atoms with van der Waals surface area (Å²) in [6.45, 7) is 3.38. The van der Waals surface area contributed by atoms with E-state index in [1.54, 1.807) is 25.8 Å². The second-order valence-corrected chi connectivity index (χ2v) is 9.01. The maximum absolute atomic E-state index is 12.7. The average Bonchev–Trinajstić information content (AvgIpc) is 2.91. The van der Waals surface area contributed by atoms with Crippen LogP contribution in [0.4, 0.5) is 0 Å². The predicted octanol–water partition coefficient (Wildman–Crippen LogP) is 2.74. The molecule has 140 valence electrons. The van der Waals surface area contributed by atoms with Crippen LogP contribution in [0.25, 0.3) is 0 Å². The molecule has 0 radical (unpaired) electrons. The molecule has 26 heavy (non-hydrogen) atoms. The molecule has 0 aliphatic heterocycles. The highest BCUT2D eigenvalue weighted by Gasteiger charge is 2.29. The highest BCUT2D eigenvalue weighted by Crippen LogP contribution is 2.33. The third-order valence-electron chi connectivity index (χ3n) is 5.09. The average molecular weight is 376 g/mol. The van der Waals surface area contributed by atoms with Crippen molar-refractivity contribution in [2.24, 2.45) is 0 Å². The molecule has 7 heteroatoms. The van der Waals surface area contributed by atoms with Gasteiger partial charge in [0.1, 0.15) is 11.5 Å². The number of aryl methyl sites for hydroxylation is 3. The van der Waals surface area contributed by atoms with Gasteiger partial charge in [0, 0.05) is 12.6 Å². The highest BCUT2D eigenvalue weighted by molar-refractivity contribution is 7.91. The molecule has 0 bridgehead atoms. The molecule has 1 atom stereocenters. The van der Waals surface area contributed by atoms with Crippen LogP contribution in [0, 0.1) is 13.8 Å². The van der Waals surface area contributed by atoms with Gasteiger partial charge in [-0.2, -0.15) is 0 Å². The van der Waals surface area contributed by atoms with Crippen LogP contribution < -0.4 is 0 Å². The van der Waals surface area contributed by atoms with E-state index in [0.717, 1.165) is 24.8 Å². The lowest BCUT2D eigenvalue weighted by Crippen LogP contribution is -2.37. The van der Waals surface area contributed by atoms with Crippen molar-refractivity contribution in [1.29, 1.82) is 0 Å². The van der Waals surface area contributed by atoms with Gasteiger partial charge in [-0.3, -0.25) is 4.79 Å². The Morgan fingerprint density at radius 2 is 2.04 bits per heavy atom. The molecule has 3 rings (SSSR count). The van der Waals surface area contributed by atoms with Crippen molar-refractivity contribution < 1.29 is 17.7 Å². The van der Waals surface area contributed by atoms with Crippen molar-refractivity contribution in [2.75, 3.05) is 12.8 Å². The molecule has 1 aromatic heterocycles. The van der Waals surface area contributed by atoms with E-state index in [9.17, 15) is 13.2 Å². The van der Waals surface area contributed by atoms with E-state index in [4.69, 9.17) is 4.52 Å². The van der Waals surface area contributed by atoms with Gasteiger partial charge in [-0.05, 0) is 44.2 Å². The summed E-state index contributed by atoms with van der Waals surface area (Å²) in [5, 5.41) is 3.78. The third-order valence-corrected chi connectivity index (χ3v) is 6.50. The molecule has 0 unspecified atom stereocenters. The van der Waals surface area contributed by atoms with Gasteiger partial charge >= 0.3 is 0 Å². The number of aromatic nitrogens is 1. The van der Waals surface area contributed by atoms with E-state index in [2.05, 4.69) is 11.2 Å². The molecule has 6 nitrogen and oxygen atoms in total. The van der Waals surface area contributed by atoms with E-state index in [1.165, 1.54) is 5.56 Å². The Kier molecular flexibility index (Phi) is 5.18. The standard InChI is InChI=1S/C19H24N2O4S/c1-13-17(14(2)25-20-13)11-26(23,24)12-19(22)21(3)18-10-6-8-15-7-4-5-9-16(15)18/h4-5,7,9,18H,6,8,10-12H2,1-3H3/t18-/m1/s1. The first-order valence-corrected chi connectivity index (χ1v) is 10.6. The fourth-order valence-electron chi connectivity index (χ4n) is 3.57. The van der Waals surface area contributed by atoms with Crippen molar-refractivity contribution in [3.63, 3.8) is 0 Å². The first-order valence-electron chi connectivity index (χ1n) is 8.74. The molecule has 0 N–H and O–H groups in total. The molecule has 1 amide bonds. The van der Waals surface area contributed by atoms with Gasteiger partial charge in [0.15, 0.2) is 9.84 Å². The molecule has 1 heterocycles. The SMILES string of the molecule is Cc1noc(C)c1CS(=O)(=O)CC(=O)N(C)[C@@H]1CCCc2ccccc21. The predicted molar refractivity (Wildman–Crippen MR) is 98.4 cm³/mol. The van der Waals surface area contributed by atoms with Gasteiger partial charge < -0.3 is 9.42 Å². The number of benzene rings is 1. The zero-order valence-corrected chi connectivity index (χ0v) is 16.2. The summed E-state index contributed by atoms with van der Waals surface area (Å²) in [5.41, 5.74) is 3.45. The van der Waals surface area contributed by atoms with E-state index in [1.807, 2.05) is 18.2 Å². The minimum atomic E-state index is -3.60. The van der Waals surface area contributed by atoms with Crippen LogP contribution in [-0.2, 0) is 26.8 Å². The Morgan fingerprint density at radius 3 is 2.73 bits per heavy atom. The highest BCUT2D eigenvalue weighted by atomic mass is 32.2. The van der Waals surface area contributed by atoms with Crippen LogP contribution in [0.2, 0.25) is 0 Å². The summed E-state index contributed by atoms with van der Waals surface area (Å²) in [6.07, 6.45) is 2.84. The Balaban J connectivity index is 1.74. The lowest BCUT2D eigenvalue weighted by Gasteiger charge is -2.33. The molecule has 2 aromatic rings. The number of rotatable bonds is 5. The Hall–Kier alpha value is -2.15. The number of hydrogen-bond donors (Lipinski definition) is 0. The number of nitrogens with zero attached hydrogens (tertiary/aromatic N) is 2. The van der Waals surface area contributed by atoms with Gasteiger partial charge in [-0.1, -0.05) is 29.4 Å². The monoisotopic (exact) mass is 376 g/mol. The van der Waals surface area contributed by atoms with Crippen molar-refractivity contribution in [3.05, 3.63) is 52.4 Å². The summed E-state index contributed by atoms with van der Waals surface area (Å²) >= 11 is 0. The van der Waals surface area contributed by atoms with Crippen molar-refractivity contribution in [3.8, 4) is 0 Å². The first-order chi connectivity index (χ1) is 12.3. The number of amides is 1. The number of carbonyl (C=O) groups excluding carboxylic acids is 1. The molecular weight excluding hydrogens is 352 g/mol. The van der Waals surface area contributed by atoms with Crippen molar-refractivity contribution >= 4 is 15.7 Å².